The van der Waals surface area contributed by atoms with Crippen LogP contribution < -0.4 is 17.7 Å². The van der Waals surface area contributed by atoms with Crippen molar-refractivity contribution in [1.82, 2.24) is 0 Å². The van der Waals surface area contributed by atoms with E-state index in [9.17, 15) is 40.5 Å². The van der Waals surface area contributed by atoms with Crippen molar-refractivity contribution in [2.75, 3.05) is 0 Å². The quantitative estimate of drug-likeness (QED) is 0.0688. The highest BCUT2D eigenvalue weighted by Crippen LogP contribution is 2.55. The minimum atomic E-state index is -5.23. The zero-order valence-electron chi connectivity index (χ0n) is 30.1. The zero-order valence-corrected chi connectivity index (χ0v) is 32.6. The first-order chi connectivity index (χ1) is 28.3. The Morgan fingerprint density at radius 2 is 0.814 bits per heavy atom. The van der Waals surface area contributed by atoms with E-state index in [0.717, 1.165) is 12.1 Å². The highest BCUT2D eigenvalue weighted by molar-refractivity contribution is 7.88. The predicted octanol–water partition coefficient (Wildman–Crippen LogP) is 8.24. The smallest absolute Gasteiger partial charge is 0.425 e. The normalized spacial score (nSPS) is 11.9. The molecule has 0 bridgehead atoms. The van der Waals surface area contributed by atoms with Gasteiger partial charge in [-0.05, 0) is 34.4 Å². The van der Waals surface area contributed by atoms with Gasteiger partial charge in [0.15, 0.2) is 10.8 Å². The van der Waals surface area contributed by atoms with Crippen molar-refractivity contribution in [3.63, 3.8) is 0 Å². The SMILES string of the molecule is N#[N+]c1c([O-])c(C(=O)c2ccccc2)c(OS(=O)(=O)c2cccc3ccccc23)c(OS(=O)(=O)c2cccc3ccccc23)c1OS(=O)(=O)c1cccc2ccccc12. The van der Waals surface area contributed by atoms with Crippen LogP contribution in [0.4, 0.5) is 5.69 Å². The third kappa shape index (κ3) is 7.03. The van der Waals surface area contributed by atoms with Crippen LogP contribution in [0.15, 0.2) is 172 Å². The van der Waals surface area contributed by atoms with Gasteiger partial charge in [0.25, 0.3) is 5.75 Å². The van der Waals surface area contributed by atoms with Crippen molar-refractivity contribution in [3.05, 3.63) is 174 Å². The van der Waals surface area contributed by atoms with Crippen LogP contribution in [0, 0.1) is 5.39 Å². The number of carbonyl (C=O) groups is 1. The second-order valence-corrected chi connectivity index (χ2v) is 17.4. The number of ketones is 1. The van der Waals surface area contributed by atoms with E-state index in [4.69, 9.17) is 12.5 Å². The maximum absolute atomic E-state index is 14.5. The summed E-state index contributed by atoms with van der Waals surface area (Å²) in [6, 6.07) is 38.2. The molecule has 8 aromatic carbocycles. The van der Waals surface area contributed by atoms with Gasteiger partial charge < -0.3 is 17.7 Å². The van der Waals surface area contributed by atoms with Crippen LogP contribution in [-0.2, 0) is 30.4 Å². The molecule has 8 rings (SSSR count). The molecule has 0 aliphatic rings. The maximum atomic E-state index is 14.5. The molecule has 8 aromatic rings. The largest absolute Gasteiger partial charge is 0.866 e. The summed E-state index contributed by atoms with van der Waals surface area (Å²) in [6.45, 7) is 0. The van der Waals surface area contributed by atoms with E-state index in [0.29, 0.717) is 16.2 Å². The lowest BCUT2D eigenvalue weighted by Gasteiger charge is -2.22. The van der Waals surface area contributed by atoms with Crippen molar-refractivity contribution >= 4 is 74.1 Å². The molecule has 0 fully saturated rings. The number of hydrogen-bond donors (Lipinski definition) is 0. The summed E-state index contributed by atoms with van der Waals surface area (Å²) in [7, 11) is -15.6. The van der Waals surface area contributed by atoms with E-state index >= 15 is 0 Å². The molecule has 13 nitrogen and oxygen atoms in total. The molecule has 59 heavy (non-hydrogen) atoms. The number of carbonyl (C=O) groups excluding carboxylic acids is 1. The van der Waals surface area contributed by atoms with Crippen LogP contribution in [0.3, 0.4) is 0 Å². The van der Waals surface area contributed by atoms with Crippen molar-refractivity contribution in [2.45, 2.75) is 14.7 Å². The first-order valence-corrected chi connectivity index (χ1v) is 21.7. The molecule has 0 heterocycles. The maximum Gasteiger partial charge on any atom is 0.425 e. The molecule has 0 aromatic heterocycles. The third-order valence-corrected chi connectivity index (χ3v) is 13.1. The third-order valence-electron chi connectivity index (χ3n) is 9.30. The molecule has 0 aliphatic heterocycles. The first kappa shape index (κ1) is 38.5. The molecule has 0 saturated carbocycles. The molecule has 0 unspecified atom stereocenters. The summed E-state index contributed by atoms with van der Waals surface area (Å²) in [5.74, 6) is -7.00. The second-order valence-electron chi connectivity index (χ2n) is 12.9. The standard InChI is InChI=1S/C43H26N2O11S3/c44-45-38-40(47)37(39(46)30-16-2-1-3-17-30)41(54-57(48,49)34-24-10-18-27-13-4-7-21-31(27)34)43(56-59(52,53)36-26-12-20-29-15-6-9-23-33(29)36)42(38)55-58(50,51)35-25-11-19-28-14-5-8-22-32(28)35/h1-26H. The van der Waals surface area contributed by atoms with Gasteiger partial charge in [0.2, 0.25) is 16.9 Å². The van der Waals surface area contributed by atoms with Crippen LogP contribution in [0.25, 0.3) is 37.3 Å². The fourth-order valence-electron chi connectivity index (χ4n) is 6.62. The van der Waals surface area contributed by atoms with Gasteiger partial charge in [-0.3, -0.25) is 4.79 Å². The minimum absolute atomic E-state index is 0.125. The molecule has 0 saturated heterocycles. The van der Waals surface area contributed by atoms with Crippen LogP contribution >= 0.6 is 0 Å². The fourth-order valence-corrected chi connectivity index (χ4v) is 10.1. The average molecular weight is 843 g/mol. The summed E-state index contributed by atoms with van der Waals surface area (Å²) in [6.07, 6.45) is 0. The Bertz CT molecular complexity index is 3390. The number of diazo groups is 1. The average Bonchev–Trinajstić information content (AvgIpc) is 3.24. The Labute approximate surface area is 337 Å². The second kappa shape index (κ2) is 14.9. The number of benzene rings is 8. The molecule has 0 aliphatic carbocycles. The number of nitrogens with zero attached hydrogens (tertiary/aromatic N) is 2. The molecule has 0 radical (unpaired) electrons. The zero-order chi connectivity index (χ0) is 41.5. The van der Waals surface area contributed by atoms with Gasteiger partial charge in [0, 0.05) is 27.5 Å². The van der Waals surface area contributed by atoms with Crippen molar-refractivity contribution < 1.29 is 47.7 Å². The predicted molar refractivity (Wildman–Crippen MR) is 216 cm³/mol. The molecule has 0 N–H and O–H groups in total. The number of rotatable bonds is 11. The summed E-state index contributed by atoms with van der Waals surface area (Å²) < 4.78 is 103. The van der Waals surface area contributed by atoms with Gasteiger partial charge in [0.1, 0.15) is 14.7 Å². The molecule has 16 heteroatoms. The van der Waals surface area contributed by atoms with Crippen molar-refractivity contribution in [2.24, 2.45) is 0 Å². The van der Waals surface area contributed by atoms with Crippen LogP contribution in [-0.4, -0.2) is 31.0 Å². The van der Waals surface area contributed by atoms with Crippen LogP contribution in [0.2, 0.25) is 0 Å². The first-order valence-electron chi connectivity index (χ1n) is 17.4. The molecule has 0 atom stereocenters. The van der Waals surface area contributed by atoms with Crippen molar-refractivity contribution in [1.29, 1.82) is 5.39 Å². The van der Waals surface area contributed by atoms with E-state index in [-0.39, 0.29) is 21.7 Å². The Morgan fingerprint density at radius 3 is 1.24 bits per heavy atom. The van der Waals surface area contributed by atoms with Gasteiger partial charge in [0.05, 0.1) is 5.56 Å². The lowest BCUT2D eigenvalue weighted by Crippen LogP contribution is -2.20. The monoisotopic (exact) mass is 842 g/mol. The van der Waals surface area contributed by atoms with E-state index in [1.807, 2.05) is 0 Å². The molecular weight excluding hydrogens is 817 g/mol. The summed E-state index contributed by atoms with van der Waals surface area (Å²) in [5.41, 5.74) is -2.74. The molecule has 0 amide bonds. The van der Waals surface area contributed by atoms with Crippen LogP contribution in [0.1, 0.15) is 15.9 Å². The lowest BCUT2D eigenvalue weighted by atomic mass is 9.99. The molecular formula is C43H26N2O11S3. The van der Waals surface area contributed by atoms with E-state index in [1.165, 1.54) is 66.7 Å². The Hall–Kier alpha value is -7.32. The van der Waals surface area contributed by atoms with Crippen LogP contribution in [0.5, 0.6) is 23.0 Å². The number of fused-ring (bicyclic) bond motifs is 3. The van der Waals surface area contributed by atoms with E-state index in [2.05, 4.69) is 4.98 Å². The summed E-state index contributed by atoms with van der Waals surface area (Å²) in [5, 5.41) is 26.6. The van der Waals surface area contributed by atoms with Crippen molar-refractivity contribution in [3.8, 4) is 23.0 Å². The Kier molecular flexibility index (Phi) is 9.72. The summed E-state index contributed by atoms with van der Waals surface area (Å²) >= 11 is 0. The van der Waals surface area contributed by atoms with Gasteiger partial charge in [-0.25, -0.2) is 0 Å². The highest BCUT2D eigenvalue weighted by atomic mass is 32.2. The fraction of sp³-hybridized carbons (Fsp3) is 0. The van der Waals surface area contributed by atoms with E-state index in [1.54, 1.807) is 78.9 Å². The molecule has 0 spiro atoms. The lowest BCUT2D eigenvalue weighted by molar-refractivity contribution is -0.267. The highest BCUT2D eigenvalue weighted by Gasteiger charge is 2.41. The topological polar surface area (TPSA) is 198 Å². The van der Waals surface area contributed by atoms with E-state index < -0.39 is 85.1 Å². The van der Waals surface area contributed by atoms with Gasteiger partial charge in [-0.2, -0.15) is 25.3 Å². The minimum Gasteiger partial charge on any atom is -0.866 e. The van der Waals surface area contributed by atoms with Gasteiger partial charge in [-0.1, -0.05) is 140 Å². The van der Waals surface area contributed by atoms with Gasteiger partial charge in [-0.15, -0.1) is 0 Å². The Morgan fingerprint density at radius 1 is 0.458 bits per heavy atom. The van der Waals surface area contributed by atoms with Gasteiger partial charge >= 0.3 is 36.0 Å². The Balaban J connectivity index is 1.45. The number of hydrogen-bond acceptors (Lipinski definition) is 12. The summed E-state index contributed by atoms with van der Waals surface area (Å²) in [4.78, 5) is 15.9. The molecule has 292 valence electrons.